The van der Waals surface area contributed by atoms with Gasteiger partial charge < -0.3 is 15.7 Å². The van der Waals surface area contributed by atoms with E-state index in [2.05, 4.69) is 21.8 Å². The summed E-state index contributed by atoms with van der Waals surface area (Å²) in [5, 5.41) is 25.1. The molecule has 0 unspecified atom stereocenters. The second kappa shape index (κ2) is 9.49. The summed E-state index contributed by atoms with van der Waals surface area (Å²) in [7, 11) is -3.93. The van der Waals surface area contributed by atoms with Gasteiger partial charge in [-0.25, -0.2) is 13.1 Å². The van der Waals surface area contributed by atoms with Gasteiger partial charge in [0.05, 0.1) is 5.84 Å². The molecule has 1 aliphatic heterocycles. The van der Waals surface area contributed by atoms with Gasteiger partial charge in [0.1, 0.15) is 16.5 Å². The molecule has 1 heterocycles. The molecule has 1 saturated heterocycles. The molecule has 0 aliphatic carbocycles. The Morgan fingerprint density at radius 3 is 2.39 bits per heavy atom. The summed E-state index contributed by atoms with van der Waals surface area (Å²) in [6.45, 7) is 3.82. The lowest BCUT2D eigenvalue weighted by atomic mass is 9.89. The van der Waals surface area contributed by atoms with E-state index in [0.29, 0.717) is 18.2 Å². The zero-order valence-corrected chi connectivity index (χ0v) is 18.4. The lowest BCUT2D eigenvalue weighted by Gasteiger charge is -2.33. The molecule has 31 heavy (non-hydrogen) atoms. The Morgan fingerprint density at radius 1 is 1.16 bits per heavy atom. The maximum absolute atomic E-state index is 12.6. The Balaban J connectivity index is 1.57. The number of nitrogens with zero attached hydrogens (tertiary/aromatic N) is 1. The summed E-state index contributed by atoms with van der Waals surface area (Å²) in [4.78, 5) is 1.81. The Kier molecular flexibility index (Phi) is 6.97. The van der Waals surface area contributed by atoms with Crippen LogP contribution in [0.3, 0.4) is 0 Å². The highest BCUT2D eigenvalue weighted by Gasteiger charge is 2.21. The highest BCUT2D eigenvalue weighted by molar-refractivity contribution is 7.89. The second-order valence-electron chi connectivity index (χ2n) is 7.83. The van der Waals surface area contributed by atoms with Crippen LogP contribution in [0.4, 0.5) is 0 Å². The number of benzene rings is 2. The molecule has 0 spiro atoms. The smallest absolute Gasteiger partial charge is 0.244 e. The normalized spacial score (nSPS) is 15.1. The number of hydrogen-bond donors (Lipinski definition) is 5. The van der Waals surface area contributed by atoms with Gasteiger partial charge in [-0.3, -0.25) is 10.8 Å². The number of likely N-dealkylation sites (tertiary alicyclic amines) is 1. The first-order chi connectivity index (χ1) is 14.7. The van der Waals surface area contributed by atoms with E-state index in [4.69, 9.17) is 16.6 Å². The van der Waals surface area contributed by atoms with Crippen LogP contribution >= 0.6 is 0 Å². The minimum atomic E-state index is -3.93. The summed E-state index contributed by atoms with van der Waals surface area (Å²) < 4.78 is 27.6. The largest absolute Gasteiger partial charge is 0.507 e. The number of hydrogen-bond acceptors (Lipinski definition) is 5. The van der Waals surface area contributed by atoms with Gasteiger partial charge >= 0.3 is 0 Å². The van der Waals surface area contributed by atoms with Crippen LogP contribution in [0, 0.1) is 10.8 Å². The van der Waals surface area contributed by atoms with Crippen molar-refractivity contribution in [1.82, 2.24) is 9.62 Å². The van der Waals surface area contributed by atoms with Crippen molar-refractivity contribution >= 4 is 21.7 Å². The van der Waals surface area contributed by atoms with Crippen LogP contribution in [0.25, 0.3) is 0 Å². The van der Waals surface area contributed by atoms with Crippen LogP contribution in [0.1, 0.15) is 42.4 Å². The maximum Gasteiger partial charge on any atom is 0.244 e. The lowest BCUT2D eigenvalue weighted by molar-refractivity contribution is 0.310. The molecule has 0 radical (unpaired) electrons. The van der Waals surface area contributed by atoms with Crippen molar-refractivity contribution in [2.75, 3.05) is 19.6 Å². The quantitative estimate of drug-likeness (QED) is 0.330. The molecule has 1 aliphatic rings. The average Bonchev–Trinajstić information content (AvgIpc) is 2.74. The summed E-state index contributed by atoms with van der Waals surface area (Å²) in [5.41, 5.74) is 7.93. The molecule has 0 atom stereocenters. The number of piperidine rings is 1. The van der Waals surface area contributed by atoms with E-state index in [-0.39, 0.29) is 28.6 Å². The molecule has 9 heteroatoms. The fraction of sp³-hybridized carbons (Fsp3) is 0.364. The van der Waals surface area contributed by atoms with Gasteiger partial charge in [-0.05, 0) is 61.4 Å². The summed E-state index contributed by atoms with van der Waals surface area (Å²) >= 11 is 0. The molecular weight excluding hydrogens is 414 g/mol. The number of nitrogens with two attached hydrogens (primary N) is 1. The monoisotopic (exact) mass is 443 g/mol. The van der Waals surface area contributed by atoms with E-state index in [0.717, 1.165) is 31.5 Å². The van der Waals surface area contributed by atoms with Crippen LogP contribution in [0.15, 0.2) is 47.4 Å². The van der Waals surface area contributed by atoms with E-state index < -0.39 is 10.0 Å². The average molecular weight is 444 g/mol. The van der Waals surface area contributed by atoms with Gasteiger partial charge in [0, 0.05) is 25.2 Å². The van der Waals surface area contributed by atoms with Crippen LogP contribution in [-0.2, 0) is 16.4 Å². The van der Waals surface area contributed by atoms with Crippen molar-refractivity contribution in [1.29, 1.82) is 10.8 Å². The van der Waals surface area contributed by atoms with Gasteiger partial charge in [0.25, 0.3) is 0 Å². The fourth-order valence-electron chi connectivity index (χ4n) is 3.81. The molecule has 3 rings (SSSR count). The third kappa shape index (κ3) is 5.62. The molecule has 166 valence electrons. The van der Waals surface area contributed by atoms with Crippen LogP contribution in [-0.4, -0.2) is 49.7 Å². The van der Waals surface area contributed by atoms with Gasteiger partial charge in [0.15, 0.2) is 0 Å². The molecule has 0 bridgehead atoms. The Labute approximate surface area is 183 Å². The predicted octanol–water partition coefficient (Wildman–Crippen LogP) is 2.37. The van der Waals surface area contributed by atoms with Crippen LogP contribution in [0.5, 0.6) is 5.75 Å². The van der Waals surface area contributed by atoms with Crippen molar-refractivity contribution in [2.24, 2.45) is 5.73 Å². The van der Waals surface area contributed by atoms with Crippen LogP contribution in [0.2, 0.25) is 0 Å². The van der Waals surface area contributed by atoms with Gasteiger partial charge in [-0.15, -0.1) is 0 Å². The predicted molar refractivity (Wildman–Crippen MR) is 121 cm³/mol. The Hall–Kier alpha value is -2.91. The van der Waals surface area contributed by atoms with E-state index in [1.807, 2.05) is 19.1 Å². The van der Waals surface area contributed by atoms with Crippen molar-refractivity contribution in [3.63, 3.8) is 0 Å². The first-order valence-electron chi connectivity index (χ1n) is 10.2. The summed E-state index contributed by atoms with van der Waals surface area (Å²) in [6.07, 6.45) is 2.56. The number of amidine groups is 2. The molecule has 0 saturated carbocycles. The number of nitrogens with one attached hydrogen (secondary N) is 3. The molecule has 0 amide bonds. The number of phenols is 1. The minimum Gasteiger partial charge on any atom is -0.507 e. The highest BCUT2D eigenvalue weighted by Crippen LogP contribution is 2.28. The van der Waals surface area contributed by atoms with Crippen molar-refractivity contribution in [3.8, 4) is 5.75 Å². The SMILES string of the molecule is CC(=N)N1CCC(c2ccc(CCNS(=O)(=O)c3cc(C(=N)N)ccc3O)cc2)CC1. The Morgan fingerprint density at radius 2 is 1.81 bits per heavy atom. The summed E-state index contributed by atoms with van der Waals surface area (Å²) in [6, 6.07) is 12.1. The van der Waals surface area contributed by atoms with Crippen molar-refractivity contribution in [2.45, 2.75) is 37.0 Å². The standard InChI is InChI=1S/C22H29N5O3S/c1-15(23)27-12-9-18(10-13-27)17-4-2-16(3-5-17)8-11-26-31(29,30)21-14-19(22(24)25)6-7-20(21)28/h2-7,14,18,23,26,28H,8-13H2,1H3,(H3,24,25). The molecule has 8 nitrogen and oxygen atoms in total. The zero-order valence-electron chi connectivity index (χ0n) is 17.6. The third-order valence-corrected chi connectivity index (χ3v) is 7.18. The molecular formula is C22H29N5O3S. The zero-order chi connectivity index (χ0) is 22.6. The molecule has 2 aromatic carbocycles. The topological polar surface area (TPSA) is 143 Å². The first-order valence-corrected chi connectivity index (χ1v) is 11.7. The minimum absolute atomic E-state index is 0.183. The number of aromatic hydroxyl groups is 1. The van der Waals surface area contributed by atoms with E-state index in [1.165, 1.54) is 23.8 Å². The van der Waals surface area contributed by atoms with Crippen molar-refractivity contribution < 1.29 is 13.5 Å². The number of sulfonamides is 1. The number of rotatable bonds is 7. The lowest BCUT2D eigenvalue weighted by Crippen LogP contribution is -2.35. The van der Waals surface area contributed by atoms with E-state index >= 15 is 0 Å². The van der Waals surface area contributed by atoms with E-state index in [9.17, 15) is 13.5 Å². The van der Waals surface area contributed by atoms with Crippen molar-refractivity contribution in [3.05, 3.63) is 59.2 Å². The third-order valence-electron chi connectivity index (χ3n) is 5.69. The molecule has 2 aromatic rings. The molecule has 1 fully saturated rings. The van der Waals surface area contributed by atoms with Gasteiger partial charge in [-0.2, -0.15) is 0 Å². The Bertz CT molecular complexity index is 1060. The van der Waals surface area contributed by atoms with Gasteiger partial charge in [0.2, 0.25) is 10.0 Å². The molecule has 6 N–H and O–H groups in total. The second-order valence-corrected chi connectivity index (χ2v) is 9.57. The first kappa shape index (κ1) is 22.8. The maximum atomic E-state index is 12.6. The molecule has 0 aromatic heterocycles. The summed E-state index contributed by atoms with van der Waals surface area (Å²) in [5.74, 6) is 0.457. The van der Waals surface area contributed by atoms with E-state index in [1.54, 1.807) is 0 Å². The number of nitrogen functional groups attached to an aromatic ring is 1. The van der Waals surface area contributed by atoms with Crippen LogP contribution < -0.4 is 10.5 Å². The highest BCUT2D eigenvalue weighted by atomic mass is 32.2. The van der Waals surface area contributed by atoms with Gasteiger partial charge in [-0.1, -0.05) is 24.3 Å². The number of phenolic OH excluding ortho intramolecular Hbond substituents is 1. The fourth-order valence-corrected chi connectivity index (χ4v) is 4.96.